The molecule has 1 saturated heterocycles. The molecule has 1 rings (SSSR count). The lowest BCUT2D eigenvalue weighted by Crippen LogP contribution is -2.45. The van der Waals surface area contributed by atoms with Gasteiger partial charge in [0, 0.05) is 0 Å². The topological polar surface area (TPSA) is 69.9 Å². The van der Waals surface area contributed by atoms with Gasteiger partial charge in [0.25, 0.3) is 0 Å². The van der Waals surface area contributed by atoms with Gasteiger partial charge in [-0.15, -0.1) is 6.42 Å². The van der Waals surface area contributed by atoms with Gasteiger partial charge in [0.1, 0.15) is 12.2 Å². The van der Waals surface area contributed by atoms with Crippen LogP contribution in [0.3, 0.4) is 0 Å². The van der Waals surface area contributed by atoms with Crippen LogP contribution < -0.4 is 0 Å². The molecule has 0 bridgehead atoms. The lowest BCUT2D eigenvalue weighted by atomic mass is 9.95. The van der Waals surface area contributed by atoms with Crippen LogP contribution in [-0.2, 0) is 4.74 Å². The molecule has 4 atom stereocenters. The fourth-order valence-electron chi connectivity index (χ4n) is 1.05. The monoisotopic (exact) mass is 158 g/mol. The fourth-order valence-corrected chi connectivity index (χ4v) is 1.05. The molecule has 3 N–H and O–H groups in total. The van der Waals surface area contributed by atoms with E-state index in [0.29, 0.717) is 0 Å². The van der Waals surface area contributed by atoms with Crippen molar-refractivity contribution in [1.82, 2.24) is 0 Å². The van der Waals surface area contributed by atoms with Crippen LogP contribution >= 0.6 is 0 Å². The minimum atomic E-state index is -1.76. The molecule has 1 fully saturated rings. The van der Waals surface area contributed by atoms with E-state index in [9.17, 15) is 5.11 Å². The highest BCUT2D eigenvalue weighted by Crippen LogP contribution is 2.28. The van der Waals surface area contributed by atoms with Gasteiger partial charge in [-0.3, -0.25) is 0 Å². The van der Waals surface area contributed by atoms with Crippen LogP contribution in [0.25, 0.3) is 0 Å². The van der Waals surface area contributed by atoms with Gasteiger partial charge in [-0.2, -0.15) is 0 Å². The molecule has 11 heavy (non-hydrogen) atoms. The predicted octanol–water partition coefficient (Wildman–Crippen LogP) is -1.55. The lowest BCUT2D eigenvalue weighted by molar-refractivity contribution is -0.124. The molecule has 0 aliphatic carbocycles. The number of hydrogen-bond donors (Lipinski definition) is 3. The molecule has 0 radical (unpaired) electrons. The summed E-state index contributed by atoms with van der Waals surface area (Å²) in [5.74, 6) is 1.99. The molecule has 4 heteroatoms. The average molecular weight is 158 g/mol. The van der Waals surface area contributed by atoms with Crippen molar-refractivity contribution in [2.75, 3.05) is 0 Å². The lowest BCUT2D eigenvalue weighted by Gasteiger charge is -2.21. The second-order valence-corrected chi connectivity index (χ2v) is 2.58. The second-order valence-electron chi connectivity index (χ2n) is 2.58. The molecule has 1 aliphatic heterocycles. The Kier molecular flexibility index (Phi) is 1.90. The summed E-state index contributed by atoms with van der Waals surface area (Å²) >= 11 is 0. The molecular weight excluding hydrogens is 148 g/mol. The highest BCUT2D eigenvalue weighted by molar-refractivity contribution is 5.18. The maximum Gasteiger partial charge on any atom is 0.185 e. The molecule has 0 aromatic carbocycles. The molecule has 1 heterocycles. The quantitative estimate of drug-likeness (QED) is 0.373. The molecule has 0 aromatic heterocycles. The number of ether oxygens (including phenoxy) is 1. The largest absolute Gasteiger partial charge is 0.384 e. The van der Waals surface area contributed by atoms with Gasteiger partial charge < -0.3 is 20.1 Å². The van der Waals surface area contributed by atoms with Crippen molar-refractivity contribution in [3.8, 4) is 12.3 Å². The third-order valence-corrected chi connectivity index (χ3v) is 1.92. The normalized spacial score (nSPS) is 50.6. The molecule has 62 valence electrons. The van der Waals surface area contributed by atoms with Crippen molar-refractivity contribution in [2.24, 2.45) is 0 Å². The highest BCUT2D eigenvalue weighted by atomic mass is 16.6. The van der Waals surface area contributed by atoms with Crippen molar-refractivity contribution in [1.29, 1.82) is 0 Å². The van der Waals surface area contributed by atoms with Crippen molar-refractivity contribution in [3.63, 3.8) is 0 Å². The third kappa shape index (κ3) is 1.03. The van der Waals surface area contributed by atoms with E-state index >= 15 is 0 Å². The number of aliphatic hydroxyl groups excluding tert-OH is 2. The van der Waals surface area contributed by atoms with Gasteiger partial charge >= 0.3 is 0 Å². The Balaban J connectivity index is 2.89. The molecule has 4 nitrogen and oxygen atoms in total. The molecule has 0 aromatic rings. The van der Waals surface area contributed by atoms with Crippen molar-refractivity contribution in [3.05, 3.63) is 0 Å². The van der Waals surface area contributed by atoms with Gasteiger partial charge in [0.05, 0.1) is 0 Å². The van der Waals surface area contributed by atoms with Gasteiger partial charge in [0.2, 0.25) is 0 Å². The first kappa shape index (κ1) is 8.50. The zero-order valence-corrected chi connectivity index (χ0v) is 6.06. The smallest absolute Gasteiger partial charge is 0.185 e. The minimum absolute atomic E-state index is 0.752. The summed E-state index contributed by atoms with van der Waals surface area (Å²) in [6.45, 7) is 1.49. The van der Waals surface area contributed by atoms with E-state index in [4.69, 9.17) is 21.4 Å². The molecule has 0 spiro atoms. The zero-order chi connectivity index (χ0) is 8.65. The van der Waals surface area contributed by atoms with E-state index in [1.165, 1.54) is 6.92 Å². The van der Waals surface area contributed by atoms with E-state index in [2.05, 4.69) is 0 Å². The summed E-state index contributed by atoms with van der Waals surface area (Å²) in [5, 5.41) is 27.5. The number of rotatable bonds is 0. The van der Waals surface area contributed by atoms with Gasteiger partial charge in [-0.25, -0.2) is 0 Å². The average Bonchev–Trinajstić information content (AvgIpc) is 2.16. The predicted molar refractivity (Wildman–Crippen MR) is 36.3 cm³/mol. The fraction of sp³-hybridized carbons (Fsp3) is 0.714. The Morgan fingerprint density at radius 3 is 2.27 bits per heavy atom. The summed E-state index contributed by atoms with van der Waals surface area (Å²) < 4.78 is 4.69. The maximum absolute atomic E-state index is 9.44. The molecule has 0 amide bonds. The van der Waals surface area contributed by atoms with Crippen LogP contribution in [0, 0.1) is 12.3 Å². The van der Waals surface area contributed by atoms with Crippen LogP contribution in [0.15, 0.2) is 0 Å². The summed E-state index contributed by atoms with van der Waals surface area (Å²) in [5.41, 5.74) is -1.76. The maximum atomic E-state index is 9.44. The first-order valence-corrected chi connectivity index (χ1v) is 3.24. The van der Waals surface area contributed by atoms with E-state index in [0.717, 1.165) is 0 Å². The van der Waals surface area contributed by atoms with Crippen LogP contribution in [-0.4, -0.2) is 39.4 Å². The Morgan fingerprint density at radius 1 is 1.55 bits per heavy atom. The SMILES string of the molecule is C#CC1(O)C(C)OC(O)C1O. The van der Waals surface area contributed by atoms with Crippen LogP contribution in [0.2, 0.25) is 0 Å². The Morgan fingerprint density at radius 2 is 2.09 bits per heavy atom. The Hall–Kier alpha value is -0.600. The molecule has 0 saturated carbocycles. The Labute approximate surface area is 64.4 Å². The van der Waals surface area contributed by atoms with Crippen LogP contribution in [0.4, 0.5) is 0 Å². The third-order valence-electron chi connectivity index (χ3n) is 1.92. The van der Waals surface area contributed by atoms with E-state index in [1.54, 1.807) is 0 Å². The summed E-state index contributed by atoms with van der Waals surface area (Å²) in [6, 6.07) is 0. The van der Waals surface area contributed by atoms with Crippen molar-refractivity contribution >= 4 is 0 Å². The second kappa shape index (κ2) is 2.47. The molecule has 1 aliphatic rings. The number of terminal acetylenes is 1. The minimum Gasteiger partial charge on any atom is -0.384 e. The first-order valence-electron chi connectivity index (χ1n) is 3.24. The zero-order valence-electron chi connectivity index (χ0n) is 6.06. The van der Waals surface area contributed by atoms with Crippen molar-refractivity contribution in [2.45, 2.75) is 31.0 Å². The van der Waals surface area contributed by atoms with Gasteiger partial charge in [0.15, 0.2) is 11.9 Å². The van der Waals surface area contributed by atoms with E-state index < -0.39 is 24.1 Å². The first-order chi connectivity index (χ1) is 5.02. The van der Waals surface area contributed by atoms with Gasteiger partial charge in [-0.1, -0.05) is 5.92 Å². The highest BCUT2D eigenvalue weighted by Gasteiger charge is 2.51. The van der Waals surface area contributed by atoms with Crippen LogP contribution in [0.1, 0.15) is 6.92 Å². The van der Waals surface area contributed by atoms with Crippen molar-refractivity contribution < 1.29 is 20.1 Å². The number of aliphatic hydroxyl groups is 3. The summed E-state index contributed by atoms with van der Waals surface area (Å²) in [7, 11) is 0. The van der Waals surface area contributed by atoms with Gasteiger partial charge in [-0.05, 0) is 6.92 Å². The number of hydrogen-bond acceptors (Lipinski definition) is 4. The summed E-state index contributed by atoms with van der Waals surface area (Å²) in [6.07, 6.45) is 1.38. The van der Waals surface area contributed by atoms with Crippen LogP contribution in [0.5, 0.6) is 0 Å². The standard InChI is InChI=1S/C7H10O4/c1-3-7(10)4(2)11-6(9)5(7)8/h1,4-6,8-10H,2H3. The molecule has 4 unspecified atom stereocenters. The van der Waals surface area contributed by atoms with E-state index in [1.807, 2.05) is 5.92 Å². The summed E-state index contributed by atoms with van der Waals surface area (Å²) in [4.78, 5) is 0. The molecular formula is C7H10O4. The Bertz CT molecular complexity index is 197. The van der Waals surface area contributed by atoms with E-state index in [-0.39, 0.29) is 0 Å².